The predicted octanol–water partition coefficient (Wildman–Crippen LogP) is 1.20. The van der Waals surface area contributed by atoms with Crippen LogP contribution in [0.3, 0.4) is 0 Å². The minimum Gasteiger partial charge on any atom is -0.478 e. The molecule has 3 heteroatoms. The van der Waals surface area contributed by atoms with E-state index in [1.807, 2.05) is 13.0 Å². The van der Waals surface area contributed by atoms with Gasteiger partial charge in [-0.05, 0) is 12.3 Å². The average molecular weight is 170 g/mol. The van der Waals surface area contributed by atoms with Crippen LogP contribution in [-0.4, -0.2) is 22.8 Å². The van der Waals surface area contributed by atoms with Crippen molar-refractivity contribution in [2.24, 2.45) is 5.92 Å². The Bertz CT molecular complexity index is 182. The first-order valence-electron chi connectivity index (χ1n) is 3.85. The quantitative estimate of drug-likeness (QED) is 0.481. The van der Waals surface area contributed by atoms with Gasteiger partial charge < -0.3 is 10.2 Å². The molecule has 0 aromatic carbocycles. The lowest BCUT2D eigenvalue weighted by atomic mass is 10.1. The van der Waals surface area contributed by atoms with E-state index in [0.717, 1.165) is 6.08 Å². The zero-order valence-corrected chi connectivity index (χ0v) is 7.10. The molecule has 12 heavy (non-hydrogen) atoms. The van der Waals surface area contributed by atoms with Crippen LogP contribution in [0.2, 0.25) is 0 Å². The number of aliphatic carboxylic acids is 1. The Hall–Kier alpha value is -1.09. The standard InChI is InChI=1S/C9H14O3/c1-8(6-7-10)4-2-3-5-9(11)12/h2-5,8,10H,6-7H2,1H3,(H,11,12). The lowest BCUT2D eigenvalue weighted by molar-refractivity contribution is -0.131. The fourth-order valence-corrected chi connectivity index (χ4v) is 0.692. The monoisotopic (exact) mass is 170 g/mol. The minimum absolute atomic E-state index is 0.161. The highest BCUT2D eigenvalue weighted by Gasteiger charge is 1.92. The Kier molecular flexibility index (Phi) is 6.01. The van der Waals surface area contributed by atoms with Gasteiger partial charge in [-0.15, -0.1) is 0 Å². The number of aliphatic hydroxyl groups is 1. The van der Waals surface area contributed by atoms with E-state index >= 15 is 0 Å². The van der Waals surface area contributed by atoms with E-state index < -0.39 is 5.97 Å². The van der Waals surface area contributed by atoms with Gasteiger partial charge in [-0.3, -0.25) is 0 Å². The van der Waals surface area contributed by atoms with Gasteiger partial charge in [0, 0.05) is 12.7 Å². The van der Waals surface area contributed by atoms with Gasteiger partial charge in [-0.25, -0.2) is 4.79 Å². The largest absolute Gasteiger partial charge is 0.478 e. The number of carboxylic acids is 1. The van der Waals surface area contributed by atoms with Crippen LogP contribution >= 0.6 is 0 Å². The van der Waals surface area contributed by atoms with Crippen LogP contribution in [0.25, 0.3) is 0 Å². The SMILES string of the molecule is CC(C=CC=CC(=O)O)CCO. The van der Waals surface area contributed by atoms with Crippen molar-refractivity contribution in [1.29, 1.82) is 0 Å². The lowest BCUT2D eigenvalue weighted by Crippen LogP contribution is -1.92. The molecule has 0 bridgehead atoms. The zero-order valence-electron chi connectivity index (χ0n) is 7.10. The highest BCUT2D eigenvalue weighted by atomic mass is 16.4. The van der Waals surface area contributed by atoms with E-state index in [1.165, 1.54) is 6.08 Å². The topological polar surface area (TPSA) is 57.5 Å². The van der Waals surface area contributed by atoms with Crippen LogP contribution in [0.4, 0.5) is 0 Å². The van der Waals surface area contributed by atoms with Gasteiger partial charge in [-0.1, -0.05) is 25.2 Å². The molecule has 0 rings (SSSR count). The molecule has 3 nitrogen and oxygen atoms in total. The van der Waals surface area contributed by atoms with E-state index in [0.29, 0.717) is 6.42 Å². The number of aliphatic hydroxyl groups excluding tert-OH is 1. The van der Waals surface area contributed by atoms with Gasteiger partial charge in [-0.2, -0.15) is 0 Å². The summed E-state index contributed by atoms with van der Waals surface area (Å²) in [6, 6.07) is 0. The summed E-state index contributed by atoms with van der Waals surface area (Å²) in [5.74, 6) is -0.664. The van der Waals surface area contributed by atoms with Crippen molar-refractivity contribution >= 4 is 5.97 Å². The summed E-state index contributed by atoms with van der Waals surface area (Å²) in [4.78, 5) is 10.0. The van der Waals surface area contributed by atoms with Crippen molar-refractivity contribution in [3.8, 4) is 0 Å². The van der Waals surface area contributed by atoms with Crippen LogP contribution in [0.5, 0.6) is 0 Å². The molecule has 0 aliphatic carbocycles. The first-order chi connectivity index (χ1) is 5.66. The smallest absolute Gasteiger partial charge is 0.328 e. The van der Waals surface area contributed by atoms with Gasteiger partial charge in [0.1, 0.15) is 0 Å². The normalized spacial score (nSPS) is 14.2. The molecule has 0 amide bonds. The van der Waals surface area contributed by atoms with Crippen molar-refractivity contribution < 1.29 is 15.0 Å². The lowest BCUT2D eigenvalue weighted by Gasteiger charge is -1.99. The molecule has 2 N–H and O–H groups in total. The number of hydrogen-bond donors (Lipinski definition) is 2. The fourth-order valence-electron chi connectivity index (χ4n) is 0.692. The maximum absolute atomic E-state index is 10.0. The molecule has 0 aromatic rings. The Labute approximate surface area is 72.0 Å². The molecule has 0 heterocycles. The van der Waals surface area contributed by atoms with Crippen molar-refractivity contribution in [2.45, 2.75) is 13.3 Å². The summed E-state index contributed by atoms with van der Waals surface area (Å²) in [6.07, 6.45) is 6.78. The Balaban J connectivity index is 3.67. The molecule has 0 fully saturated rings. The van der Waals surface area contributed by atoms with E-state index in [-0.39, 0.29) is 12.5 Å². The van der Waals surface area contributed by atoms with Gasteiger partial charge in [0.25, 0.3) is 0 Å². The molecule has 0 saturated heterocycles. The van der Waals surface area contributed by atoms with E-state index in [1.54, 1.807) is 6.08 Å². The highest BCUT2D eigenvalue weighted by Crippen LogP contribution is 2.01. The van der Waals surface area contributed by atoms with Crippen LogP contribution in [-0.2, 0) is 4.79 Å². The number of allylic oxidation sites excluding steroid dienone is 3. The van der Waals surface area contributed by atoms with Gasteiger partial charge in [0.05, 0.1) is 0 Å². The van der Waals surface area contributed by atoms with Crippen molar-refractivity contribution in [3.05, 3.63) is 24.3 Å². The third kappa shape index (κ3) is 7.02. The number of rotatable bonds is 5. The number of carbonyl (C=O) groups is 1. The second-order valence-electron chi connectivity index (χ2n) is 2.57. The third-order valence-electron chi connectivity index (χ3n) is 1.37. The maximum Gasteiger partial charge on any atom is 0.328 e. The average Bonchev–Trinajstić information content (AvgIpc) is 1.98. The Morgan fingerprint density at radius 2 is 2.17 bits per heavy atom. The van der Waals surface area contributed by atoms with Crippen molar-refractivity contribution in [1.82, 2.24) is 0 Å². The van der Waals surface area contributed by atoms with Crippen LogP contribution < -0.4 is 0 Å². The molecule has 0 aliphatic heterocycles. The summed E-state index contributed by atoms with van der Waals surface area (Å²) in [5, 5.41) is 16.8. The second kappa shape index (κ2) is 6.61. The molecule has 0 saturated carbocycles. The first-order valence-corrected chi connectivity index (χ1v) is 3.85. The maximum atomic E-state index is 10.0. The minimum atomic E-state index is -0.950. The molecule has 68 valence electrons. The van der Waals surface area contributed by atoms with Crippen LogP contribution in [0.15, 0.2) is 24.3 Å². The van der Waals surface area contributed by atoms with Crippen LogP contribution in [0, 0.1) is 5.92 Å². The van der Waals surface area contributed by atoms with Crippen molar-refractivity contribution in [3.63, 3.8) is 0 Å². The molecule has 1 atom stereocenters. The molecular formula is C9H14O3. The summed E-state index contributed by atoms with van der Waals surface area (Å²) >= 11 is 0. The molecule has 0 radical (unpaired) electrons. The summed E-state index contributed by atoms with van der Waals surface area (Å²) in [5.41, 5.74) is 0. The molecular weight excluding hydrogens is 156 g/mol. The van der Waals surface area contributed by atoms with Gasteiger partial charge in [0.2, 0.25) is 0 Å². The fraction of sp³-hybridized carbons (Fsp3) is 0.444. The second-order valence-corrected chi connectivity index (χ2v) is 2.57. The summed E-state index contributed by atoms with van der Waals surface area (Å²) < 4.78 is 0. The summed E-state index contributed by atoms with van der Waals surface area (Å²) in [7, 11) is 0. The Morgan fingerprint density at radius 1 is 1.50 bits per heavy atom. The number of hydrogen-bond acceptors (Lipinski definition) is 2. The molecule has 1 unspecified atom stereocenters. The van der Waals surface area contributed by atoms with Crippen molar-refractivity contribution in [2.75, 3.05) is 6.61 Å². The first kappa shape index (κ1) is 10.9. The van der Waals surface area contributed by atoms with Gasteiger partial charge >= 0.3 is 5.97 Å². The number of carboxylic acid groups (broad SMARTS) is 1. The Morgan fingerprint density at radius 3 is 2.67 bits per heavy atom. The molecule has 0 aromatic heterocycles. The zero-order chi connectivity index (χ0) is 9.40. The van der Waals surface area contributed by atoms with E-state index in [4.69, 9.17) is 10.2 Å². The van der Waals surface area contributed by atoms with E-state index in [9.17, 15) is 4.79 Å². The third-order valence-corrected chi connectivity index (χ3v) is 1.37. The predicted molar refractivity (Wildman–Crippen MR) is 46.8 cm³/mol. The van der Waals surface area contributed by atoms with Crippen LogP contribution in [0.1, 0.15) is 13.3 Å². The molecule has 0 spiro atoms. The molecule has 0 aliphatic rings. The highest BCUT2D eigenvalue weighted by molar-refractivity contribution is 5.80. The van der Waals surface area contributed by atoms with E-state index in [2.05, 4.69) is 0 Å². The van der Waals surface area contributed by atoms with Gasteiger partial charge in [0.15, 0.2) is 0 Å². The summed E-state index contributed by atoms with van der Waals surface area (Å²) in [6.45, 7) is 2.12.